The van der Waals surface area contributed by atoms with Crippen molar-refractivity contribution in [3.8, 4) is 0 Å². The van der Waals surface area contributed by atoms with E-state index in [1.807, 2.05) is 13.8 Å². The summed E-state index contributed by atoms with van der Waals surface area (Å²) >= 11 is 0. The Labute approximate surface area is 95.3 Å². The van der Waals surface area contributed by atoms with E-state index >= 15 is 0 Å². The van der Waals surface area contributed by atoms with Gasteiger partial charge in [-0.1, -0.05) is 0 Å². The van der Waals surface area contributed by atoms with Crippen molar-refractivity contribution in [3.63, 3.8) is 0 Å². The summed E-state index contributed by atoms with van der Waals surface area (Å²) in [6.07, 6.45) is 2.26. The van der Waals surface area contributed by atoms with E-state index in [1.165, 1.54) is 6.07 Å². The number of hydrogen-bond donors (Lipinski definition) is 0. The molecule has 0 atom stereocenters. The fourth-order valence-corrected chi connectivity index (χ4v) is 1.68. The van der Waals surface area contributed by atoms with Crippen molar-refractivity contribution in [2.75, 3.05) is 0 Å². The van der Waals surface area contributed by atoms with E-state index in [9.17, 15) is 9.59 Å². The van der Waals surface area contributed by atoms with E-state index < -0.39 is 0 Å². The Morgan fingerprint density at radius 2 is 2.06 bits per heavy atom. The van der Waals surface area contributed by atoms with Gasteiger partial charge in [0.25, 0.3) is 5.56 Å². The lowest BCUT2D eigenvalue weighted by atomic mass is 10.2. The fourth-order valence-electron chi connectivity index (χ4n) is 1.68. The van der Waals surface area contributed by atoms with E-state index in [2.05, 4.69) is 4.98 Å². The molecular formula is C12H18N2O2. The molecule has 0 saturated carbocycles. The highest BCUT2D eigenvalue weighted by molar-refractivity contribution is 5.75. The molecule has 1 rings (SSSR count). The van der Waals surface area contributed by atoms with Crippen LogP contribution < -0.4 is 5.56 Å². The van der Waals surface area contributed by atoms with Crippen LogP contribution in [0.15, 0.2) is 10.9 Å². The summed E-state index contributed by atoms with van der Waals surface area (Å²) in [6, 6.07) is 1.54. The highest BCUT2D eigenvalue weighted by atomic mass is 16.1. The molecule has 88 valence electrons. The molecule has 0 radical (unpaired) electrons. The third-order valence-electron chi connectivity index (χ3n) is 2.49. The number of unbranched alkanes of at least 4 members (excludes halogenated alkanes) is 1. The number of aryl methyl sites for hydroxylation is 2. The van der Waals surface area contributed by atoms with Gasteiger partial charge in [-0.25, -0.2) is 4.98 Å². The minimum atomic E-state index is -0.00664. The van der Waals surface area contributed by atoms with Crippen LogP contribution in [0.25, 0.3) is 0 Å². The van der Waals surface area contributed by atoms with E-state index in [-0.39, 0.29) is 11.3 Å². The highest BCUT2D eigenvalue weighted by Gasteiger charge is 2.02. The Balaban J connectivity index is 2.61. The SMILES string of the molecule is CC(=O)CCCCn1c(C)nc(C)cc1=O. The Bertz CT molecular complexity index is 435. The van der Waals surface area contributed by atoms with Crippen LogP contribution in [0.5, 0.6) is 0 Å². The molecule has 4 nitrogen and oxygen atoms in total. The zero-order valence-corrected chi connectivity index (χ0v) is 10.1. The maximum absolute atomic E-state index is 11.6. The van der Waals surface area contributed by atoms with E-state index in [0.29, 0.717) is 13.0 Å². The predicted molar refractivity (Wildman–Crippen MR) is 62.5 cm³/mol. The molecule has 4 heteroatoms. The zero-order valence-electron chi connectivity index (χ0n) is 10.1. The first kappa shape index (κ1) is 12.6. The molecule has 0 spiro atoms. The third kappa shape index (κ3) is 3.61. The number of Topliss-reactive ketones (excluding diaryl/α,β-unsaturated/α-hetero) is 1. The van der Waals surface area contributed by atoms with Crippen LogP contribution in [0.3, 0.4) is 0 Å². The van der Waals surface area contributed by atoms with E-state index in [0.717, 1.165) is 24.4 Å². The number of ketones is 1. The first-order valence-corrected chi connectivity index (χ1v) is 5.55. The summed E-state index contributed by atoms with van der Waals surface area (Å²) < 4.78 is 1.66. The molecule has 0 amide bonds. The Morgan fingerprint density at radius 3 is 2.62 bits per heavy atom. The molecule has 0 aliphatic carbocycles. The number of nitrogens with zero attached hydrogens (tertiary/aromatic N) is 2. The van der Waals surface area contributed by atoms with Gasteiger partial charge in [0.2, 0.25) is 0 Å². The van der Waals surface area contributed by atoms with Gasteiger partial charge < -0.3 is 4.79 Å². The van der Waals surface area contributed by atoms with Crippen molar-refractivity contribution in [1.82, 2.24) is 9.55 Å². The van der Waals surface area contributed by atoms with Gasteiger partial charge in [0, 0.05) is 24.7 Å². The minimum Gasteiger partial charge on any atom is -0.300 e. The molecule has 0 aliphatic rings. The van der Waals surface area contributed by atoms with Crippen LogP contribution in [0.1, 0.15) is 37.7 Å². The van der Waals surface area contributed by atoms with Crippen LogP contribution in [0, 0.1) is 13.8 Å². The molecule has 1 aromatic rings. The predicted octanol–water partition coefficient (Wildman–Crippen LogP) is 1.62. The summed E-state index contributed by atoms with van der Waals surface area (Å²) in [7, 11) is 0. The van der Waals surface area contributed by atoms with Gasteiger partial charge in [-0.3, -0.25) is 9.36 Å². The average Bonchev–Trinajstić information content (AvgIpc) is 2.14. The highest BCUT2D eigenvalue weighted by Crippen LogP contribution is 2.00. The lowest BCUT2D eigenvalue weighted by Gasteiger charge is -2.08. The van der Waals surface area contributed by atoms with Gasteiger partial charge >= 0.3 is 0 Å². The van der Waals surface area contributed by atoms with Crippen molar-refractivity contribution in [1.29, 1.82) is 0 Å². The van der Waals surface area contributed by atoms with Crippen molar-refractivity contribution in [3.05, 3.63) is 27.9 Å². The second kappa shape index (κ2) is 5.58. The maximum Gasteiger partial charge on any atom is 0.253 e. The quantitative estimate of drug-likeness (QED) is 0.711. The first-order chi connectivity index (χ1) is 7.50. The standard InChI is InChI=1S/C12H18N2O2/c1-9-8-12(16)14(11(3)13-9)7-5-4-6-10(2)15/h8H,4-7H2,1-3H3. The second-order valence-electron chi connectivity index (χ2n) is 4.09. The van der Waals surface area contributed by atoms with Crippen molar-refractivity contribution < 1.29 is 4.79 Å². The maximum atomic E-state index is 11.6. The first-order valence-electron chi connectivity index (χ1n) is 5.55. The molecular weight excluding hydrogens is 204 g/mol. The molecule has 0 aromatic carbocycles. The molecule has 0 N–H and O–H groups in total. The van der Waals surface area contributed by atoms with Crippen LogP contribution in [0.2, 0.25) is 0 Å². The van der Waals surface area contributed by atoms with Crippen LogP contribution >= 0.6 is 0 Å². The molecule has 0 bridgehead atoms. The number of carbonyl (C=O) groups is 1. The minimum absolute atomic E-state index is 0.00664. The Morgan fingerprint density at radius 1 is 1.38 bits per heavy atom. The second-order valence-corrected chi connectivity index (χ2v) is 4.09. The van der Waals surface area contributed by atoms with E-state index in [4.69, 9.17) is 0 Å². The summed E-state index contributed by atoms with van der Waals surface area (Å²) in [5.74, 6) is 0.943. The molecule has 1 heterocycles. The monoisotopic (exact) mass is 222 g/mol. The molecule has 0 unspecified atom stereocenters. The largest absolute Gasteiger partial charge is 0.300 e. The van der Waals surface area contributed by atoms with Gasteiger partial charge in [-0.15, -0.1) is 0 Å². The third-order valence-corrected chi connectivity index (χ3v) is 2.49. The molecule has 0 fully saturated rings. The number of aromatic nitrogens is 2. The van der Waals surface area contributed by atoms with Crippen molar-refractivity contribution >= 4 is 5.78 Å². The number of rotatable bonds is 5. The summed E-state index contributed by atoms with van der Waals surface area (Å²) in [6.45, 7) is 5.88. The average molecular weight is 222 g/mol. The van der Waals surface area contributed by atoms with Crippen molar-refractivity contribution in [2.45, 2.75) is 46.6 Å². The summed E-state index contributed by atoms with van der Waals surface area (Å²) in [5.41, 5.74) is 0.746. The van der Waals surface area contributed by atoms with Gasteiger partial charge in [0.1, 0.15) is 11.6 Å². The molecule has 1 aromatic heterocycles. The summed E-state index contributed by atoms with van der Waals surface area (Å²) in [4.78, 5) is 26.6. The zero-order chi connectivity index (χ0) is 12.1. The van der Waals surface area contributed by atoms with Crippen LogP contribution in [-0.2, 0) is 11.3 Å². The smallest absolute Gasteiger partial charge is 0.253 e. The van der Waals surface area contributed by atoms with Gasteiger partial charge in [-0.05, 0) is 33.6 Å². The Hall–Kier alpha value is -1.45. The van der Waals surface area contributed by atoms with Crippen LogP contribution in [0.4, 0.5) is 0 Å². The molecule has 16 heavy (non-hydrogen) atoms. The van der Waals surface area contributed by atoms with Gasteiger partial charge in [0.15, 0.2) is 0 Å². The molecule has 0 saturated heterocycles. The fraction of sp³-hybridized carbons (Fsp3) is 0.583. The van der Waals surface area contributed by atoms with Gasteiger partial charge in [-0.2, -0.15) is 0 Å². The number of carbonyl (C=O) groups excluding carboxylic acids is 1. The van der Waals surface area contributed by atoms with Crippen molar-refractivity contribution in [2.24, 2.45) is 0 Å². The van der Waals surface area contributed by atoms with E-state index in [1.54, 1.807) is 11.5 Å². The Kier molecular flexibility index (Phi) is 4.40. The topological polar surface area (TPSA) is 52.0 Å². The van der Waals surface area contributed by atoms with Crippen LogP contribution in [-0.4, -0.2) is 15.3 Å². The molecule has 0 aliphatic heterocycles. The summed E-state index contributed by atoms with van der Waals surface area (Å²) in [5, 5.41) is 0. The normalized spacial score (nSPS) is 10.4. The van der Waals surface area contributed by atoms with Gasteiger partial charge in [0.05, 0.1) is 0 Å². The lowest BCUT2D eigenvalue weighted by Crippen LogP contribution is -2.23. The number of hydrogen-bond acceptors (Lipinski definition) is 3. The lowest BCUT2D eigenvalue weighted by molar-refractivity contribution is -0.117.